The van der Waals surface area contributed by atoms with Crippen LogP contribution in [0.4, 0.5) is 5.00 Å². The van der Waals surface area contributed by atoms with Crippen LogP contribution in [-0.2, 0) is 9.53 Å². The summed E-state index contributed by atoms with van der Waals surface area (Å²) in [5, 5.41) is 3.47. The van der Waals surface area contributed by atoms with Crippen LogP contribution in [0.25, 0.3) is 0 Å². The number of amides is 1. The van der Waals surface area contributed by atoms with E-state index in [9.17, 15) is 9.59 Å². The summed E-state index contributed by atoms with van der Waals surface area (Å²) in [6.07, 6.45) is 0. The molecule has 1 N–H and O–H groups in total. The number of carbonyl (C=O) groups excluding carboxylic acids is 2. The number of nitrogens with one attached hydrogen (secondary N) is 1. The molecule has 1 aromatic heterocycles. The van der Waals surface area contributed by atoms with Crippen molar-refractivity contribution in [3.05, 3.63) is 75.7 Å². The molecule has 6 heteroatoms. The van der Waals surface area contributed by atoms with Gasteiger partial charge in [-0.05, 0) is 31.5 Å². The highest BCUT2D eigenvalue weighted by molar-refractivity contribution is 7.16. The van der Waals surface area contributed by atoms with E-state index in [4.69, 9.17) is 9.47 Å². The van der Waals surface area contributed by atoms with E-state index in [2.05, 4.69) is 5.32 Å². The van der Waals surface area contributed by atoms with Crippen LogP contribution in [0.3, 0.4) is 0 Å². The topological polar surface area (TPSA) is 64.6 Å². The van der Waals surface area contributed by atoms with Gasteiger partial charge < -0.3 is 14.8 Å². The number of hydrogen-bond donors (Lipinski definition) is 1. The van der Waals surface area contributed by atoms with Gasteiger partial charge in [0.1, 0.15) is 16.5 Å². The van der Waals surface area contributed by atoms with E-state index in [0.29, 0.717) is 22.1 Å². The van der Waals surface area contributed by atoms with E-state index < -0.39 is 11.9 Å². The second-order valence-electron chi connectivity index (χ2n) is 6.58. The zero-order chi connectivity index (χ0) is 19.8. The fourth-order valence-corrected chi connectivity index (χ4v) is 4.49. The number of ether oxygens (including phenoxy) is 2. The van der Waals surface area contributed by atoms with E-state index in [-0.39, 0.29) is 5.91 Å². The zero-order valence-corrected chi connectivity index (χ0v) is 16.6. The van der Waals surface area contributed by atoms with E-state index in [0.717, 1.165) is 21.6 Å². The van der Waals surface area contributed by atoms with Crippen molar-refractivity contribution in [3.63, 3.8) is 0 Å². The molecule has 0 radical (unpaired) electrons. The summed E-state index contributed by atoms with van der Waals surface area (Å²) in [6, 6.07) is 15.0. The number of rotatable bonds is 3. The Bertz CT molecular complexity index is 1040. The van der Waals surface area contributed by atoms with E-state index in [1.807, 2.05) is 62.4 Å². The SMILES string of the molecule is COC(=O)c1c(NC(=O)C2c3ccccc3Oc3ccccc32)sc(C)c1C. The highest BCUT2D eigenvalue weighted by Gasteiger charge is 2.33. The van der Waals surface area contributed by atoms with Crippen LogP contribution >= 0.6 is 11.3 Å². The van der Waals surface area contributed by atoms with Gasteiger partial charge in [-0.2, -0.15) is 0 Å². The van der Waals surface area contributed by atoms with E-state index in [1.165, 1.54) is 18.4 Å². The molecule has 0 unspecified atom stereocenters. The number of para-hydroxylation sites is 2. The van der Waals surface area contributed by atoms with Crippen molar-refractivity contribution in [1.29, 1.82) is 0 Å². The first-order chi connectivity index (χ1) is 13.5. The maximum atomic E-state index is 13.4. The molecule has 0 spiro atoms. The van der Waals surface area contributed by atoms with Crippen LogP contribution in [0.1, 0.15) is 37.8 Å². The largest absolute Gasteiger partial charge is 0.465 e. The first-order valence-corrected chi connectivity index (χ1v) is 9.67. The highest BCUT2D eigenvalue weighted by Crippen LogP contribution is 2.45. The minimum atomic E-state index is -0.533. The maximum Gasteiger partial charge on any atom is 0.341 e. The Hall–Kier alpha value is -3.12. The lowest BCUT2D eigenvalue weighted by molar-refractivity contribution is -0.116. The molecule has 1 amide bonds. The number of methoxy groups -OCH3 is 1. The van der Waals surface area contributed by atoms with Crippen molar-refractivity contribution in [1.82, 2.24) is 0 Å². The third-order valence-electron chi connectivity index (χ3n) is 4.95. The van der Waals surface area contributed by atoms with Crippen molar-refractivity contribution in [2.45, 2.75) is 19.8 Å². The molecule has 4 rings (SSSR count). The van der Waals surface area contributed by atoms with E-state index in [1.54, 1.807) is 0 Å². The average Bonchev–Trinajstić information content (AvgIpc) is 2.98. The number of anilines is 1. The maximum absolute atomic E-state index is 13.4. The van der Waals surface area contributed by atoms with Crippen LogP contribution in [0.5, 0.6) is 11.5 Å². The molecule has 0 aliphatic carbocycles. The molecule has 0 atom stereocenters. The van der Waals surface area contributed by atoms with Crippen LogP contribution < -0.4 is 10.1 Å². The summed E-state index contributed by atoms with van der Waals surface area (Å²) < 4.78 is 10.9. The first-order valence-electron chi connectivity index (χ1n) is 8.86. The molecule has 0 bridgehead atoms. The lowest BCUT2D eigenvalue weighted by Crippen LogP contribution is -2.25. The Kier molecular flexibility index (Phi) is 4.65. The third-order valence-corrected chi connectivity index (χ3v) is 6.08. The third kappa shape index (κ3) is 2.96. The number of fused-ring (bicyclic) bond motifs is 2. The molecule has 142 valence electrons. The van der Waals surface area contributed by atoms with Gasteiger partial charge >= 0.3 is 5.97 Å². The van der Waals surface area contributed by atoms with Gasteiger partial charge in [-0.3, -0.25) is 4.79 Å². The van der Waals surface area contributed by atoms with Crippen LogP contribution in [-0.4, -0.2) is 19.0 Å². The van der Waals surface area contributed by atoms with Crippen molar-refractivity contribution in [3.8, 4) is 11.5 Å². The molecule has 0 saturated carbocycles. The van der Waals surface area contributed by atoms with Crippen molar-refractivity contribution in [2.24, 2.45) is 0 Å². The normalized spacial score (nSPS) is 12.5. The quantitative estimate of drug-likeness (QED) is 0.634. The van der Waals surface area contributed by atoms with Crippen molar-refractivity contribution in [2.75, 3.05) is 12.4 Å². The highest BCUT2D eigenvalue weighted by atomic mass is 32.1. The molecule has 5 nitrogen and oxygen atoms in total. The Morgan fingerprint density at radius 3 is 2.14 bits per heavy atom. The summed E-state index contributed by atoms with van der Waals surface area (Å²) in [7, 11) is 1.34. The first kappa shape index (κ1) is 18.3. The summed E-state index contributed by atoms with van der Waals surface area (Å²) >= 11 is 1.38. The summed E-state index contributed by atoms with van der Waals surface area (Å²) in [5.74, 6) is 0.120. The fraction of sp³-hybridized carbons (Fsp3) is 0.182. The van der Waals surface area contributed by atoms with Crippen LogP contribution in [0.15, 0.2) is 48.5 Å². The smallest absolute Gasteiger partial charge is 0.341 e. The molecule has 0 saturated heterocycles. The van der Waals surface area contributed by atoms with Gasteiger partial charge in [0.15, 0.2) is 0 Å². The minimum Gasteiger partial charge on any atom is -0.465 e. The van der Waals surface area contributed by atoms with Crippen molar-refractivity contribution >= 4 is 28.2 Å². The lowest BCUT2D eigenvalue weighted by Gasteiger charge is -2.27. The molecular weight excluding hydrogens is 374 g/mol. The molecule has 0 fully saturated rings. The number of thiophene rings is 1. The van der Waals surface area contributed by atoms with Gasteiger partial charge in [0, 0.05) is 16.0 Å². The standard InChI is InChI=1S/C22H19NO4S/c1-12-13(2)28-21(18(12)22(25)26-3)23-20(24)19-14-8-4-6-10-16(14)27-17-11-7-5-9-15(17)19/h4-11,19H,1-3H3,(H,23,24). The Labute approximate surface area is 166 Å². The average molecular weight is 393 g/mol. The Morgan fingerprint density at radius 2 is 1.57 bits per heavy atom. The predicted octanol–water partition coefficient (Wildman–Crippen LogP) is 5.03. The lowest BCUT2D eigenvalue weighted by atomic mass is 9.87. The molecule has 2 aromatic carbocycles. The predicted molar refractivity (Wildman–Crippen MR) is 109 cm³/mol. The van der Waals surface area contributed by atoms with Crippen LogP contribution in [0, 0.1) is 13.8 Å². The molecule has 1 aliphatic heterocycles. The fourth-order valence-electron chi connectivity index (χ4n) is 3.44. The van der Waals surface area contributed by atoms with Crippen LogP contribution in [0.2, 0.25) is 0 Å². The number of aryl methyl sites for hydroxylation is 1. The summed E-state index contributed by atoms with van der Waals surface area (Å²) in [4.78, 5) is 26.6. The van der Waals surface area contributed by atoms with Gasteiger partial charge in [0.25, 0.3) is 0 Å². The minimum absolute atomic E-state index is 0.213. The zero-order valence-electron chi connectivity index (χ0n) is 15.7. The Balaban J connectivity index is 1.76. The second-order valence-corrected chi connectivity index (χ2v) is 7.80. The molecule has 1 aliphatic rings. The van der Waals surface area contributed by atoms with Crippen molar-refractivity contribution < 1.29 is 19.1 Å². The van der Waals surface area contributed by atoms with Gasteiger partial charge in [-0.15, -0.1) is 11.3 Å². The summed E-state index contributed by atoms with van der Waals surface area (Å²) in [6.45, 7) is 3.77. The monoisotopic (exact) mass is 393 g/mol. The molecule has 28 heavy (non-hydrogen) atoms. The second kappa shape index (κ2) is 7.13. The molecule has 3 aromatic rings. The van der Waals surface area contributed by atoms with Gasteiger partial charge in [-0.25, -0.2) is 4.79 Å². The summed E-state index contributed by atoms with van der Waals surface area (Å²) in [5.41, 5.74) is 2.82. The number of benzene rings is 2. The van der Waals surface area contributed by atoms with Gasteiger partial charge in [0.05, 0.1) is 18.6 Å². The van der Waals surface area contributed by atoms with Gasteiger partial charge in [-0.1, -0.05) is 36.4 Å². The number of hydrogen-bond acceptors (Lipinski definition) is 5. The van der Waals surface area contributed by atoms with Gasteiger partial charge in [0.2, 0.25) is 5.91 Å². The number of esters is 1. The number of carbonyl (C=O) groups is 2. The molecule has 2 heterocycles. The Morgan fingerprint density at radius 1 is 1.00 bits per heavy atom. The van der Waals surface area contributed by atoms with E-state index >= 15 is 0 Å². The molecular formula is C22H19NO4S.